The summed E-state index contributed by atoms with van der Waals surface area (Å²) in [7, 11) is 3.44. The number of carbonyl (C=O) groups excluding carboxylic acids is 2. The van der Waals surface area contributed by atoms with Crippen molar-refractivity contribution in [2.24, 2.45) is 5.10 Å². The van der Waals surface area contributed by atoms with E-state index in [1.165, 1.54) is 17.2 Å². The Balaban J connectivity index is 1.57. The number of carbonyl (C=O) groups is 2. The number of hydrogen-bond donors (Lipinski definition) is 1. The molecule has 9 nitrogen and oxygen atoms in total. The number of hydrogen-bond acceptors (Lipinski definition) is 6. The lowest BCUT2D eigenvalue weighted by Gasteiger charge is -2.15. The van der Waals surface area contributed by atoms with Crippen molar-refractivity contribution in [3.05, 3.63) is 69.8 Å². The SMILES string of the molecule is CN(C)c1ccc(/C=N\NC(=O)CN2C[C@@H](c3ccccc3)CC2=O)cc1[N+](=O)[O-]. The first kappa shape index (κ1) is 21.0. The number of benzene rings is 2. The number of nitrogens with zero attached hydrogens (tertiary/aromatic N) is 4. The van der Waals surface area contributed by atoms with E-state index < -0.39 is 10.8 Å². The average Bonchev–Trinajstić information content (AvgIpc) is 3.08. The second kappa shape index (κ2) is 9.17. The van der Waals surface area contributed by atoms with E-state index in [2.05, 4.69) is 10.5 Å². The van der Waals surface area contributed by atoms with Crippen LogP contribution in [0.5, 0.6) is 0 Å². The van der Waals surface area contributed by atoms with Crippen molar-refractivity contribution in [3.63, 3.8) is 0 Å². The van der Waals surface area contributed by atoms with Crippen molar-refractivity contribution in [3.8, 4) is 0 Å². The zero-order valence-corrected chi connectivity index (χ0v) is 16.8. The molecule has 2 amide bonds. The Bertz CT molecular complexity index is 975. The lowest BCUT2D eigenvalue weighted by molar-refractivity contribution is -0.384. The monoisotopic (exact) mass is 409 g/mol. The maximum Gasteiger partial charge on any atom is 0.293 e. The first-order valence-corrected chi connectivity index (χ1v) is 9.45. The Kier molecular flexibility index (Phi) is 6.41. The van der Waals surface area contributed by atoms with Crippen LogP contribution < -0.4 is 10.3 Å². The Morgan fingerprint density at radius 2 is 2.03 bits per heavy atom. The quantitative estimate of drug-likeness (QED) is 0.428. The van der Waals surface area contributed by atoms with Gasteiger partial charge >= 0.3 is 0 Å². The maximum atomic E-state index is 12.2. The largest absolute Gasteiger partial charge is 0.372 e. The van der Waals surface area contributed by atoms with Gasteiger partial charge in [0.05, 0.1) is 11.1 Å². The topological polar surface area (TPSA) is 108 Å². The molecule has 9 heteroatoms. The molecule has 2 aromatic carbocycles. The fraction of sp³-hybridized carbons (Fsp3) is 0.286. The molecule has 0 bridgehead atoms. The molecule has 3 rings (SSSR count). The number of nitro groups is 1. The molecule has 0 saturated carbocycles. The Labute approximate surface area is 174 Å². The molecule has 0 aromatic heterocycles. The predicted octanol–water partition coefficient (Wildman–Crippen LogP) is 2.13. The van der Waals surface area contributed by atoms with Crippen molar-refractivity contribution in [1.29, 1.82) is 0 Å². The van der Waals surface area contributed by atoms with Crippen LogP contribution in [-0.4, -0.2) is 55.0 Å². The van der Waals surface area contributed by atoms with E-state index in [4.69, 9.17) is 0 Å². The van der Waals surface area contributed by atoms with Crippen molar-refractivity contribution in [1.82, 2.24) is 10.3 Å². The van der Waals surface area contributed by atoms with Gasteiger partial charge in [-0.05, 0) is 11.6 Å². The lowest BCUT2D eigenvalue weighted by atomic mass is 9.99. The van der Waals surface area contributed by atoms with Gasteiger partial charge in [0.1, 0.15) is 12.2 Å². The normalized spacial score (nSPS) is 16.1. The van der Waals surface area contributed by atoms with Gasteiger partial charge in [-0.1, -0.05) is 36.4 Å². The molecule has 30 heavy (non-hydrogen) atoms. The molecule has 2 aromatic rings. The summed E-state index contributed by atoms with van der Waals surface area (Å²) >= 11 is 0. The molecule has 1 heterocycles. The van der Waals surface area contributed by atoms with Gasteiger partial charge in [0.2, 0.25) is 5.91 Å². The zero-order valence-electron chi connectivity index (χ0n) is 16.8. The number of rotatable bonds is 7. The molecule has 1 saturated heterocycles. The third-order valence-corrected chi connectivity index (χ3v) is 4.90. The van der Waals surface area contributed by atoms with Crippen LogP contribution in [0.2, 0.25) is 0 Å². The average molecular weight is 409 g/mol. The van der Waals surface area contributed by atoms with E-state index in [0.717, 1.165) is 5.56 Å². The number of amides is 2. The molecule has 1 aliphatic rings. The Morgan fingerprint density at radius 1 is 1.30 bits per heavy atom. The van der Waals surface area contributed by atoms with Crippen molar-refractivity contribution >= 4 is 29.4 Å². The molecule has 0 radical (unpaired) electrons. The smallest absolute Gasteiger partial charge is 0.293 e. The molecule has 0 unspecified atom stereocenters. The first-order valence-electron chi connectivity index (χ1n) is 9.45. The fourth-order valence-corrected chi connectivity index (χ4v) is 3.41. The van der Waals surface area contributed by atoms with E-state index in [-0.39, 0.29) is 24.1 Å². The minimum atomic E-state index is -0.465. The zero-order chi connectivity index (χ0) is 21.7. The van der Waals surface area contributed by atoms with E-state index in [1.807, 2.05) is 30.3 Å². The van der Waals surface area contributed by atoms with E-state index in [1.54, 1.807) is 31.1 Å². The van der Waals surface area contributed by atoms with Crippen LogP contribution in [0, 0.1) is 10.1 Å². The highest BCUT2D eigenvalue weighted by Crippen LogP contribution is 2.28. The summed E-state index contributed by atoms with van der Waals surface area (Å²) in [5, 5.41) is 15.1. The third kappa shape index (κ3) is 4.99. The van der Waals surface area contributed by atoms with Gasteiger partial charge in [0, 0.05) is 44.6 Å². The second-order valence-electron chi connectivity index (χ2n) is 7.28. The highest BCUT2D eigenvalue weighted by atomic mass is 16.6. The summed E-state index contributed by atoms with van der Waals surface area (Å²) in [4.78, 5) is 38.3. The van der Waals surface area contributed by atoms with E-state index in [9.17, 15) is 19.7 Å². The number of anilines is 1. The van der Waals surface area contributed by atoms with Crippen LogP contribution in [0.1, 0.15) is 23.5 Å². The molecule has 1 N–H and O–H groups in total. The van der Waals surface area contributed by atoms with Gasteiger partial charge in [-0.2, -0.15) is 5.10 Å². The summed E-state index contributed by atoms with van der Waals surface area (Å²) in [6.45, 7) is 0.400. The molecular weight excluding hydrogens is 386 g/mol. The standard InChI is InChI=1S/C21H23N5O4/c1-24(2)18-9-8-15(10-19(18)26(29)30)12-22-23-20(27)14-25-13-17(11-21(25)28)16-6-4-3-5-7-16/h3-10,12,17H,11,13-14H2,1-2H3,(H,23,27)/b22-12-/t17-/m0/s1. The van der Waals surface area contributed by atoms with Crippen LogP contribution in [0.25, 0.3) is 0 Å². The third-order valence-electron chi connectivity index (χ3n) is 4.90. The van der Waals surface area contributed by atoms with E-state index >= 15 is 0 Å². The van der Waals surface area contributed by atoms with Gasteiger partial charge < -0.3 is 9.80 Å². The highest BCUT2D eigenvalue weighted by Gasteiger charge is 2.31. The summed E-state index contributed by atoms with van der Waals surface area (Å²) in [5.74, 6) is -0.420. The number of hydrazone groups is 1. The molecular formula is C21H23N5O4. The van der Waals surface area contributed by atoms with Crippen LogP contribution in [0.3, 0.4) is 0 Å². The summed E-state index contributed by atoms with van der Waals surface area (Å²) in [5.41, 5.74) is 4.36. The second-order valence-corrected chi connectivity index (χ2v) is 7.28. The van der Waals surface area contributed by atoms with Gasteiger partial charge in [-0.3, -0.25) is 19.7 Å². The summed E-state index contributed by atoms with van der Waals surface area (Å²) in [6, 6.07) is 14.4. The van der Waals surface area contributed by atoms with Gasteiger partial charge in [-0.25, -0.2) is 5.43 Å². The Hall–Kier alpha value is -3.75. The van der Waals surface area contributed by atoms with Crippen LogP contribution in [0.4, 0.5) is 11.4 Å². The molecule has 1 aliphatic heterocycles. The lowest BCUT2D eigenvalue weighted by Crippen LogP contribution is -2.36. The van der Waals surface area contributed by atoms with Crippen LogP contribution in [-0.2, 0) is 9.59 Å². The highest BCUT2D eigenvalue weighted by molar-refractivity contribution is 5.88. The van der Waals surface area contributed by atoms with Crippen LogP contribution in [0.15, 0.2) is 53.6 Å². The Morgan fingerprint density at radius 3 is 2.70 bits per heavy atom. The number of nitrogens with one attached hydrogen (secondary N) is 1. The molecule has 1 fully saturated rings. The van der Waals surface area contributed by atoms with Gasteiger partial charge in [0.25, 0.3) is 11.6 Å². The molecule has 0 aliphatic carbocycles. The summed E-state index contributed by atoms with van der Waals surface area (Å²) < 4.78 is 0. The number of nitro benzene ring substituents is 1. The van der Waals surface area contributed by atoms with Crippen molar-refractivity contribution < 1.29 is 14.5 Å². The molecule has 0 spiro atoms. The van der Waals surface area contributed by atoms with Gasteiger partial charge in [0.15, 0.2) is 0 Å². The van der Waals surface area contributed by atoms with E-state index in [0.29, 0.717) is 24.2 Å². The fourth-order valence-electron chi connectivity index (χ4n) is 3.41. The molecule has 1 atom stereocenters. The number of likely N-dealkylation sites (tertiary alicyclic amines) is 1. The summed E-state index contributed by atoms with van der Waals surface area (Å²) in [6.07, 6.45) is 1.71. The van der Waals surface area contributed by atoms with Gasteiger partial charge in [-0.15, -0.1) is 0 Å². The predicted molar refractivity (Wildman–Crippen MR) is 114 cm³/mol. The van der Waals surface area contributed by atoms with Crippen molar-refractivity contribution in [2.75, 3.05) is 32.1 Å². The van der Waals surface area contributed by atoms with Crippen molar-refractivity contribution in [2.45, 2.75) is 12.3 Å². The first-order chi connectivity index (χ1) is 14.3. The minimum Gasteiger partial charge on any atom is -0.372 e. The molecule has 156 valence electrons. The van der Waals surface area contributed by atoms with Crippen LogP contribution >= 0.6 is 0 Å². The minimum absolute atomic E-state index is 0.0510. The maximum absolute atomic E-state index is 12.2.